The fraction of sp³-hybridized carbons (Fsp3) is 1.00. The molecule has 1 rings (SSSR count). The molecule has 1 N–H and O–H groups in total. The highest BCUT2D eigenvalue weighted by Crippen LogP contribution is 2.20. The normalized spacial score (nSPS) is 24.6. The summed E-state index contributed by atoms with van der Waals surface area (Å²) in [6.45, 7) is 4.93. The van der Waals surface area contributed by atoms with E-state index in [9.17, 15) is 8.42 Å². The van der Waals surface area contributed by atoms with Crippen molar-refractivity contribution in [3.63, 3.8) is 0 Å². The van der Waals surface area contributed by atoms with Gasteiger partial charge in [0, 0.05) is 40.9 Å². The predicted octanol–water partition coefficient (Wildman–Crippen LogP) is -0.492. The van der Waals surface area contributed by atoms with Crippen LogP contribution in [0.3, 0.4) is 0 Å². The van der Waals surface area contributed by atoms with E-state index < -0.39 is 10.2 Å². The highest BCUT2D eigenvalue weighted by molar-refractivity contribution is 7.86. The Morgan fingerprint density at radius 1 is 1.25 bits per heavy atom. The fourth-order valence-electron chi connectivity index (χ4n) is 2.27. The minimum Gasteiger partial charge on any atom is -0.377 e. The maximum Gasteiger partial charge on any atom is 0.281 e. The highest BCUT2D eigenvalue weighted by Gasteiger charge is 2.40. The number of hydrogen-bond acceptors (Lipinski definition) is 5. The van der Waals surface area contributed by atoms with Gasteiger partial charge in [-0.15, -0.1) is 0 Å². The zero-order chi connectivity index (χ0) is 15.2. The molecule has 1 aliphatic heterocycles. The van der Waals surface area contributed by atoms with Crippen molar-refractivity contribution in [1.29, 1.82) is 0 Å². The number of rotatable bonds is 9. The zero-order valence-corrected chi connectivity index (χ0v) is 13.6. The van der Waals surface area contributed by atoms with Gasteiger partial charge in [0.05, 0.1) is 12.2 Å². The van der Waals surface area contributed by atoms with Crippen LogP contribution >= 0.6 is 0 Å². The van der Waals surface area contributed by atoms with E-state index in [0.717, 1.165) is 19.5 Å². The minimum atomic E-state index is -3.43. The third kappa shape index (κ3) is 4.37. The van der Waals surface area contributed by atoms with E-state index in [-0.39, 0.29) is 12.2 Å². The molecule has 120 valence electrons. The molecule has 0 saturated carbocycles. The van der Waals surface area contributed by atoms with Crippen molar-refractivity contribution in [1.82, 2.24) is 13.9 Å². The van der Waals surface area contributed by atoms with Crippen molar-refractivity contribution in [2.75, 3.05) is 54.0 Å². The molecule has 1 heterocycles. The molecule has 2 atom stereocenters. The van der Waals surface area contributed by atoms with Crippen molar-refractivity contribution >= 4 is 10.2 Å². The van der Waals surface area contributed by atoms with Crippen LogP contribution in [0.2, 0.25) is 0 Å². The SMILES string of the molecule is CCNCCCN(C)S(=O)(=O)N1CC(OC)C(OC)C1. The van der Waals surface area contributed by atoms with Crippen LogP contribution in [0.25, 0.3) is 0 Å². The summed E-state index contributed by atoms with van der Waals surface area (Å²) in [6.07, 6.45) is 0.383. The average molecular weight is 309 g/mol. The molecule has 8 heteroatoms. The summed E-state index contributed by atoms with van der Waals surface area (Å²) in [5, 5.41) is 3.18. The Balaban J connectivity index is 2.55. The summed E-state index contributed by atoms with van der Waals surface area (Å²) in [7, 11) is 1.33. The number of hydrogen-bond donors (Lipinski definition) is 1. The molecule has 7 nitrogen and oxygen atoms in total. The number of nitrogens with zero attached hydrogens (tertiary/aromatic N) is 2. The Morgan fingerprint density at radius 2 is 1.80 bits per heavy atom. The van der Waals surface area contributed by atoms with E-state index in [1.807, 2.05) is 6.92 Å². The molecule has 0 bridgehead atoms. The lowest BCUT2D eigenvalue weighted by Crippen LogP contribution is -2.42. The smallest absolute Gasteiger partial charge is 0.281 e. The van der Waals surface area contributed by atoms with Crippen molar-refractivity contribution in [3.05, 3.63) is 0 Å². The van der Waals surface area contributed by atoms with E-state index in [1.165, 1.54) is 8.61 Å². The molecule has 0 spiro atoms. The van der Waals surface area contributed by atoms with Gasteiger partial charge in [0.15, 0.2) is 0 Å². The molecule has 0 amide bonds. The first-order chi connectivity index (χ1) is 9.47. The largest absolute Gasteiger partial charge is 0.377 e. The molecule has 1 fully saturated rings. The highest BCUT2D eigenvalue weighted by atomic mass is 32.2. The lowest BCUT2D eigenvalue weighted by molar-refractivity contribution is -0.00461. The maximum absolute atomic E-state index is 12.4. The van der Waals surface area contributed by atoms with Crippen molar-refractivity contribution in [3.8, 4) is 0 Å². The monoisotopic (exact) mass is 309 g/mol. The molecule has 0 aromatic rings. The van der Waals surface area contributed by atoms with Crippen LogP contribution in [-0.4, -0.2) is 83.2 Å². The van der Waals surface area contributed by atoms with Crippen molar-refractivity contribution in [2.24, 2.45) is 0 Å². The molecular formula is C12H27N3O4S. The standard InChI is InChI=1S/C12H27N3O4S/c1-5-13-7-6-8-14(2)20(16,17)15-9-11(18-3)12(10-15)19-4/h11-13H,5-10H2,1-4H3. The summed E-state index contributed by atoms with van der Waals surface area (Å²) in [5.74, 6) is 0. The second-order valence-corrected chi connectivity index (χ2v) is 6.94. The quantitative estimate of drug-likeness (QED) is 0.582. The number of ether oxygens (including phenoxy) is 2. The topological polar surface area (TPSA) is 71.1 Å². The van der Waals surface area contributed by atoms with Crippen LogP contribution in [0.4, 0.5) is 0 Å². The molecule has 2 unspecified atom stereocenters. The summed E-state index contributed by atoms with van der Waals surface area (Å²) in [6, 6.07) is 0. The van der Waals surface area contributed by atoms with Crippen LogP contribution in [0, 0.1) is 0 Å². The molecular weight excluding hydrogens is 282 g/mol. The summed E-state index contributed by atoms with van der Waals surface area (Å²) >= 11 is 0. The van der Waals surface area contributed by atoms with E-state index in [4.69, 9.17) is 9.47 Å². The second-order valence-electron chi connectivity index (χ2n) is 4.90. The van der Waals surface area contributed by atoms with Gasteiger partial charge in [-0.1, -0.05) is 6.92 Å². The van der Waals surface area contributed by atoms with Gasteiger partial charge in [-0.05, 0) is 19.5 Å². The Labute approximate surface area is 122 Å². The first-order valence-corrected chi connectivity index (χ1v) is 8.34. The Morgan fingerprint density at radius 3 is 2.25 bits per heavy atom. The molecule has 0 aromatic carbocycles. The van der Waals surface area contributed by atoms with Crippen LogP contribution in [0.15, 0.2) is 0 Å². The minimum absolute atomic E-state index is 0.204. The van der Waals surface area contributed by atoms with Gasteiger partial charge in [-0.25, -0.2) is 0 Å². The van der Waals surface area contributed by atoms with E-state index in [2.05, 4.69) is 5.32 Å². The van der Waals surface area contributed by atoms with E-state index >= 15 is 0 Å². The summed E-state index contributed by atoms with van der Waals surface area (Å²) in [5.41, 5.74) is 0. The van der Waals surface area contributed by atoms with Gasteiger partial charge >= 0.3 is 0 Å². The van der Waals surface area contributed by atoms with Gasteiger partial charge in [0.25, 0.3) is 10.2 Å². The predicted molar refractivity (Wildman–Crippen MR) is 77.9 cm³/mol. The number of nitrogens with one attached hydrogen (secondary N) is 1. The molecule has 0 aromatic heterocycles. The molecule has 20 heavy (non-hydrogen) atoms. The Hall–Kier alpha value is -0.250. The summed E-state index contributed by atoms with van der Waals surface area (Å²) in [4.78, 5) is 0. The fourth-order valence-corrected chi connectivity index (χ4v) is 3.69. The van der Waals surface area contributed by atoms with Crippen LogP contribution in [0.1, 0.15) is 13.3 Å². The second kappa shape index (κ2) is 8.26. The lowest BCUT2D eigenvalue weighted by atomic mass is 10.3. The van der Waals surface area contributed by atoms with E-state index in [1.54, 1.807) is 21.3 Å². The third-order valence-electron chi connectivity index (χ3n) is 3.58. The third-order valence-corrected chi connectivity index (χ3v) is 5.51. The van der Waals surface area contributed by atoms with Gasteiger partial charge in [-0.2, -0.15) is 17.0 Å². The van der Waals surface area contributed by atoms with Crippen molar-refractivity contribution in [2.45, 2.75) is 25.6 Å². The maximum atomic E-state index is 12.4. The first kappa shape index (κ1) is 17.8. The van der Waals surface area contributed by atoms with Crippen molar-refractivity contribution < 1.29 is 17.9 Å². The number of methoxy groups -OCH3 is 2. The van der Waals surface area contributed by atoms with Gasteiger partial charge in [0.1, 0.15) is 0 Å². The molecule has 1 saturated heterocycles. The van der Waals surface area contributed by atoms with Gasteiger partial charge in [-0.3, -0.25) is 0 Å². The molecule has 1 aliphatic rings. The van der Waals surface area contributed by atoms with Gasteiger partial charge < -0.3 is 14.8 Å². The zero-order valence-electron chi connectivity index (χ0n) is 12.8. The Bertz CT molecular complexity index is 365. The molecule has 0 aliphatic carbocycles. The summed E-state index contributed by atoms with van der Waals surface area (Å²) < 4.78 is 38.3. The van der Waals surface area contributed by atoms with Crippen LogP contribution in [-0.2, 0) is 19.7 Å². The first-order valence-electron chi connectivity index (χ1n) is 6.95. The Kier molecular flexibility index (Phi) is 7.35. The molecule has 0 radical (unpaired) electrons. The van der Waals surface area contributed by atoms with E-state index in [0.29, 0.717) is 19.6 Å². The van der Waals surface area contributed by atoms with Gasteiger partial charge in [0.2, 0.25) is 0 Å². The van der Waals surface area contributed by atoms with Crippen LogP contribution in [0.5, 0.6) is 0 Å². The average Bonchev–Trinajstić information content (AvgIpc) is 2.87. The van der Waals surface area contributed by atoms with Crippen LogP contribution < -0.4 is 5.32 Å². The lowest BCUT2D eigenvalue weighted by Gasteiger charge is -2.23.